The summed E-state index contributed by atoms with van der Waals surface area (Å²) in [6.07, 6.45) is 2.05. The van der Waals surface area contributed by atoms with Crippen molar-refractivity contribution < 1.29 is 0 Å². The molecule has 0 bridgehead atoms. The van der Waals surface area contributed by atoms with Crippen LogP contribution in [0.5, 0.6) is 0 Å². The van der Waals surface area contributed by atoms with Gasteiger partial charge in [0.1, 0.15) is 0 Å². The van der Waals surface area contributed by atoms with Gasteiger partial charge in [0.2, 0.25) is 0 Å². The lowest BCUT2D eigenvalue weighted by Gasteiger charge is -2.32. The summed E-state index contributed by atoms with van der Waals surface area (Å²) in [7, 11) is 0. The van der Waals surface area contributed by atoms with Crippen molar-refractivity contribution in [3.05, 3.63) is 63.6 Å². The first-order chi connectivity index (χ1) is 11.6. The van der Waals surface area contributed by atoms with E-state index in [1.54, 1.807) is 6.07 Å². The van der Waals surface area contributed by atoms with Crippen LogP contribution in [0.3, 0.4) is 0 Å². The average molecular weight is 388 g/mol. The molecule has 1 fully saturated rings. The largest absolute Gasteiger partial charge is 0.370 e. The maximum absolute atomic E-state index is 6.14. The topological polar surface area (TPSA) is 29.3 Å². The van der Waals surface area contributed by atoms with Crippen LogP contribution in [0.25, 0.3) is 0 Å². The van der Waals surface area contributed by atoms with Gasteiger partial charge in [0.05, 0.1) is 10.7 Å². The van der Waals surface area contributed by atoms with Gasteiger partial charge < -0.3 is 10.6 Å². The lowest BCUT2D eigenvalue weighted by Crippen LogP contribution is -2.39. The molecule has 2 aromatic carbocycles. The zero-order valence-corrected chi connectivity index (χ0v) is 16.5. The molecule has 3 rings (SSSR count). The fourth-order valence-corrected chi connectivity index (χ4v) is 2.97. The van der Waals surface area contributed by atoms with Crippen molar-refractivity contribution in [2.45, 2.75) is 32.7 Å². The van der Waals surface area contributed by atoms with Gasteiger partial charge in [0.25, 0.3) is 0 Å². The molecule has 2 aromatic rings. The second-order valence-corrected chi connectivity index (χ2v) is 6.50. The normalized spacial score (nSPS) is 14.2. The van der Waals surface area contributed by atoms with Crippen LogP contribution in [-0.2, 0) is 0 Å². The first-order valence-electron chi connectivity index (χ1n) is 8.22. The third-order valence-corrected chi connectivity index (χ3v) is 4.31. The fraction of sp³-hybridized carbons (Fsp3) is 0.368. The van der Waals surface area contributed by atoms with E-state index in [1.165, 1.54) is 0 Å². The summed E-state index contributed by atoms with van der Waals surface area (Å²) in [6, 6.07) is 15.4. The van der Waals surface area contributed by atoms with Gasteiger partial charge in [-0.3, -0.25) is 0 Å². The number of rotatable bonds is 1. The van der Waals surface area contributed by atoms with Gasteiger partial charge in [-0.05, 0) is 43.2 Å². The Labute approximate surface area is 160 Å². The number of benzene rings is 2. The third-order valence-electron chi connectivity index (χ3n) is 3.52. The smallest absolute Gasteiger partial charge is 0.0654 e. The van der Waals surface area contributed by atoms with E-state index >= 15 is 0 Å². The van der Waals surface area contributed by atoms with E-state index in [4.69, 9.17) is 40.5 Å². The Kier molecular flexibility index (Phi) is 10.2. The summed E-state index contributed by atoms with van der Waals surface area (Å²) in [6.45, 7) is 5.95. The summed E-state index contributed by atoms with van der Waals surface area (Å²) < 4.78 is 0. The van der Waals surface area contributed by atoms with Crippen molar-refractivity contribution in [1.29, 1.82) is 0 Å². The van der Waals surface area contributed by atoms with Gasteiger partial charge >= 0.3 is 0 Å². The third kappa shape index (κ3) is 7.31. The standard InChI is InChI=1S/C11H14Cl2N2.C6H5Cl.C2H6/c12-8-1-2-11(10(13)7-8)15-5-3-9(14)4-6-15;7-6-4-2-1-3-5-6;1-2/h1-2,7,9H,3-6,14H2;1-5H;1-2H3. The summed E-state index contributed by atoms with van der Waals surface area (Å²) in [4.78, 5) is 2.27. The Balaban J connectivity index is 0.000000268. The van der Waals surface area contributed by atoms with Gasteiger partial charge in [-0.15, -0.1) is 0 Å². The van der Waals surface area contributed by atoms with E-state index in [0.717, 1.165) is 41.7 Å². The van der Waals surface area contributed by atoms with Crippen LogP contribution in [0.4, 0.5) is 5.69 Å². The number of hydrogen-bond donors (Lipinski definition) is 1. The first-order valence-corrected chi connectivity index (χ1v) is 9.36. The Morgan fingerprint density at radius 3 is 1.92 bits per heavy atom. The van der Waals surface area contributed by atoms with E-state index in [9.17, 15) is 0 Å². The van der Waals surface area contributed by atoms with Crippen LogP contribution >= 0.6 is 34.8 Å². The molecule has 24 heavy (non-hydrogen) atoms. The van der Waals surface area contributed by atoms with Crippen molar-refractivity contribution in [2.24, 2.45) is 5.73 Å². The summed E-state index contributed by atoms with van der Waals surface area (Å²) in [5.41, 5.74) is 6.92. The number of nitrogens with two attached hydrogens (primary N) is 1. The van der Waals surface area contributed by atoms with Gasteiger partial charge in [0.15, 0.2) is 0 Å². The number of nitrogens with zero attached hydrogens (tertiary/aromatic N) is 1. The highest BCUT2D eigenvalue weighted by atomic mass is 35.5. The molecule has 5 heteroatoms. The van der Waals surface area contributed by atoms with Crippen molar-refractivity contribution in [3.63, 3.8) is 0 Å². The van der Waals surface area contributed by atoms with E-state index < -0.39 is 0 Å². The maximum atomic E-state index is 6.14. The zero-order chi connectivity index (χ0) is 17.9. The fourth-order valence-electron chi connectivity index (χ4n) is 2.29. The van der Waals surface area contributed by atoms with Crippen LogP contribution in [0, 0.1) is 0 Å². The highest BCUT2D eigenvalue weighted by Crippen LogP contribution is 2.30. The molecule has 1 heterocycles. The predicted octanol–water partition coefficient (Wildman–Crippen LogP) is 6.29. The minimum absolute atomic E-state index is 0.340. The van der Waals surface area contributed by atoms with Gasteiger partial charge in [0, 0.05) is 29.2 Å². The molecule has 1 aliphatic rings. The molecule has 1 aliphatic heterocycles. The number of anilines is 1. The highest BCUT2D eigenvalue weighted by molar-refractivity contribution is 6.36. The quantitative estimate of drug-likeness (QED) is 0.623. The monoisotopic (exact) mass is 386 g/mol. The molecule has 1 saturated heterocycles. The molecule has 0 atom stereocenters. The van der Waals surface area contributed by atoms with Crippen molar-refractivity contribution >= 4 is 40.5 Å². The highest BCUT2D eigenvalue weighted by Gasteiger charge is 2.18. The molecule has 132 valence electrons. The first kappa shape index (κ1) is 21.1. The molecular formula is C19H25Cl3N2. The second kappa shape index (κ2) is 11.6. The van der Waals surface area contributed by atoms with Crippen LogP contribution in [0.1, 0.15) is 26.7 Å². The van der Waals surface area contributed by atoms with Gasteiger partial charge in [-0.25, -0.2) is 0 Å². The van der Waals surface area contributed by atoms with Gasteiger partial charge in [-0.1, -0.05) is 66.8 Å². The van der Waals surface area contributed by atoms with Crippen LogP contribution < -0.4 is 10.6 Å². The molecule has 2 nitrogen and oxygen atoms in total. The molecule has 2 N–H and O–H groups in total. The number of hydrogen-bond acceptors (Lipinski definition) is 2. The number of piperidine rings is 1. The summed E-state index contributed by atoms with van der Waals surface area (Å²) in [5, 5.41) is 2.19. The molecule has 0 aromatic heterocycles. The van der Waals surface area contributed by atoms with Crippen LogP contribution in [0.15, 0.2) is 48.5 Å². The van der Waals surface area contributed by atoms with Crippen molar-refractivity contribution in [1.82, 2.24) is 0 Å². The SMILES string of the molecule is CC.Clc1ccccc1.NC1CCN(c2ccc(Cl)cc2Cl)CC1. The second-order valence-electron chi connectivity index (χ2n) is 5.22. The minimum atomic E-state index is 0.340. The Morgan fingerprint density at radius 1 is 0.875 bits per heavy atom. The lowest BCUT2D eigenvalue weighted by atomic mass is 10.1. The molecule has 0 radical (unpaired) electrons. The van der Waals surface area contributed by atoms with Crippen molar-refractivity contribution in [3.8, 4) is 0 Å². The average Bonchev–Trinajstić information content (AvgIpc) is 2.59. The molecule has 0 unspecified atom stereocenters. The predicted molar refractivity (Wildman–Crippen MR) is 109 cm³/mol. The molecule has 0 saturated carbocycles. The summed E-state index contributed by atoms with van der Waals surface area (Å²) >= 11 is 17.5. The van der Waals surface area contributed by atoms with E-state index in [0.29, 0.717) is 11.1 Å². The molecule has 0 amide bonds. The van der Waals surface area contributed by atoms with Crippen LogP contribution in [0.2, 0.25) is 15.1 Å². The van der Waals surface area contributed by atoms with Crippen molar-refractivity contribution in [2.75, 3.05) is 18.0 Å². The Morgan fingerprint density at radius 2 is 1.46 bits per heavy atom. The van der Waals surface area contributed by atoms with E-state index in [1.807, 2.05) is 56.3 Å². The molecule has 0 aliphatic carbocycles. The Bertz CT molecular complexity index is 582. The van der Waals surface area contributed by atoms with E-state index in [-0.39, 0.29) is 0 Å². The Hall–Kier alpha value is -0.930. The maximum Gasteiger partial charge on any atom is 0.0654 e. The van der Waals surface area contributed by atoms with E-state index in [2.05, 4.69) is 4.90 Å². The summed E-state index contributed by atoms with van der Waals surface area (Å²) in [5.74, 6) is 0. The van der Waals surface area contributed by atoms with Crippen LogP contribution in [-0.4, -0.2) is 19.1 Å². The number of halogens is 3. The van der Waals surface area contributed by atoms with Gasteiger partial charge in [-0.2, -0.15) is 0 Å². The lowest BCUT2D eigenvalue weighted by molar-refractivity contribution is 0.501. The molecule has 0 spiro atoms. The zero-order valence-electron chi connectivity index (χ0n) is 14.2. The molecular weight excluding hydrogens is 363 g/mol. The minimum Gasteiger partial charge on any atom is -0.370 e.